The molecule has 0 aliphatic heterocycles. The van der Waals surface area contributed by atoms with Gasteiger partial charge in [-0.15, -0.1) is 11.8 Å². The smallest absolute Gasteiger partial charge is 0.347 e. The number of ether oxygens (including phenoxy) is 1. The lowest BCUT2D eigenvalue weighted by Gasteiger charge is -2.29. The molecular weight excluding hydrogens is 346 g/mol. The van der Waals surface area contributed by atoms with Crippen LogP contribution in [0, 0.1) is 0 Å². The summed E-state index contributed by atoms with van der Waals surface area (Å²) >= 11 is 1.49. The van der Waals surface area contributed by atoms with Crippen LogP contribution < -0.4 is 0 Å². The normalized spacial score (nSPS) is 13.4. The summed E-state index contributed by atoms with van der Waals surface area (Å²) in [5.74, 6) is -0.641. The third-order valence-corrected chi connectivity index (χ3v) is 5.31. The molecule has 140 valence electrons. The average molecular weight is 374 g/mol. The van der Waals surface area contributed by atoms with Gasteiger partial charge in [-0.3, -0.25) is 0 Å². The Balaban J connectivity index is 2.34. The Morgan fingerprint density at radius 2 is 1.69 bits per heavy atom. The van der Waals surface area contributed by atoms with Crippen LogP contribution in [0.1, 0.15) is 25.0 Å². The highest BCUT2D eigenvalue weighted by Crippen LogP contribution is 2.36. The van der Waals surface area contributed by atoms with Crippen molar-refractivity contribution in [3.05, 3.63) is 65.7 Å². The number of hydrogen-bond donors (Lipinski definition) is 1. The van der Waals surface area contributed by atoms with E-state index in [1.165, 1.54) is 11.8 Å². The van der Waals surface area contributed by atoms with Crippen molar-refractivity contribution >= 4 is 17.7 Å². The molecule has 1 N–H and O–H groups in total. The summed E-state index contributed by atoms with van der Waals surface area (Å²) in [6, 6.07) is 16.4. The van der Waals surface area contributed by atoms with Gasteiger partial charge in [0.15, 0.2) is 0 Å². The molecule has 0 amide bonds. The average Bonchev–Trinajstić information content (AvgIpc) is 2.71. The van der Waals surface area contributed by atoms with E-state index in [1.54, 1.807) is 18.2 Å². The molecule has 4 nitrogen and oxygen atoms in total. The van der Waals surface area contributed by atoms with Gasteiger partial charge >= 0.3 is 5.97 Å². The van der Waals surface area contributed by atoms with Gasteiger partial charge in [-0.05, 0) is 31.0 Å². The maximum Gasteiger partial charge on any atom is 0.347 e. The van der Waals surface area contributed by atoms with E-state index in [0.29, 0.717) is 17.7 Å². The zero-order valence-electron chi connectivity index (χ0n) is 15.6. The topological polar surface area (TPSA) is 49.8 Å². The third-order valence-electron chi connectivity index (χ3n) is 4.52. The molecule has 0 saturated carbocycles. The Morgan fingerprint density at radius 3 is 2.31 bits per heavy atom. The first-order valence-corrected chi connectivity index (χ1v) is 10.1. The van der Waals surface area contributed by atoms with E-state index < -0.39 is 11.6 Å². The summed E-state index contributed by atoms with van der Waals surface area (Å²) in [6.45, 7) is 6.82. The first kappa shape index (κ1) is 20.5. The molecule has 2 rings (SSSR count). The van der Waals surface area contributed by atoms with E-state index in [1.807, 2.05) is 42.7 Å². The molecule has 0 unspecified atom stereocenters. The molecule has 0 heterocycles. The van der Waals surface area contributed by atoms with Crippen LogP contribution >= 0.6 is 11.8 Å². The van der Waals surface area contributed by atoms with Gasteiger partial charge in [-0.1, -0.05) is 62.4 Å². The molecule has 0 aliphatic rings. The molecule has 2 aromatic carbocycles. The van der Waals surface area contributed by atoms with Crippen LogP contribution in [-0.4, -0.2) is 48.5 Å². The van der Waals surface area contributed by atoms with Gasteiger partial charge in [0.25, 0.3) is 0 Å². The largest absolute Gasteiger partial charge is 0.462 e. The monoisotopic (exact) mass is 373 g/mol. The van der Waals surface area contributed by atoms with Crippen molar-refractivity contribution in [2.24, 2.45) is 0 Å². The van der Waals surface area contributed by atoms with E-state index in [4.69, 9.17) is 4.74 Å². The van der Waals surface area contributed by atoms with Crippen molar-refractivity contribution in [3.63, 3.8) is 0 Å². The number of hydrogen-bond acceptors (Lipinski definition) is 5. The van der Waals surface area contributed by atoms with Crippen LogP contribution in [-0.2, 0) is 15.1 Å². The highest BCUT2D eigenvalue weighted by molar-refractivity contribution is 7.98. The second-order valence-corrected chi connectivity index (χ2v) is 6.79. The molecular formula is C21H27NO3S. The summed E-state index contributed by atoms with van der Waals surface area (Å²) in [6.07, 6.45) is 1.93. The van der Waals surface area contributed by atoms with E-state index in [-0.39, 0.29) is 6.61 Å². The van der Waals surface area contributed by atoms with Crippen molar-refractivity contribution in [1.82, 2.24) is 4.90 Å². The standard InChI is InChI=1S/C21H27NO3S/c1-4-22(5-2)15-16-25-20(23)21(24,17-11-7-6-8-12-17)18-13-9-10-14-19(18)26-3/h6-14,24H,4-5,15-16H2,1-3H3/t21-/m1/s1. The third kappa shape index (κ3) is 4.47. The summed E-state index contributed by atoms with van der Waals surface area (Å²) < 4.78 is 5.51. The molecule has 0 fully saturated rings. The minimum absolute atomic E-state index is 0.247. The Hall–Kier alpha value is -1.82. The maximum absolute atomic E-state index is 13.0. The fourth-order valence-electron chi connectivity index (χ4n) is 2.92. The van der Waals surface area contributed by atoms with E-state index in [9.17, 15) is 9.90 Å². The highest BCUT2D eigenvalue weighted by atomic mass is 32.2. The van der Waals surface area contributed by atoms with Crippen molar-refractivity contribution in [3.8, 4) is 0 Å². The van der Waals surface area contributed by atoms with Gasteiger partial charge in [0.2, 0.25) is 5.60 Å². The molecule has 0 saturated heterocycles. The quantitative estimate of drug-likeness (QED) is 0.538. The SMILES string of the molecule is CCN(CC)CCOC(=O)[C@@](O)(c1ccccc1)c1ccccc1SC. The molecule has 5 heteroatoms. The van der Waals surface area contributed by atoms with Crippen molar-refractivity contribution in [1.29, 1.82) is 0 Å². The molecule has 1 atom stereocenters. The van der Waals surface area contributed by atoms with Crippen LogP contribution in [0.25, 0.3) is 0 Å². The van der Waals surface area contributed by atoms with Gasteiger partial charge in [-0.25, -0.2) is 4.79 Å². The molecule has 0 aromatic heterocycles. The molecule has 0 bridgehead atoms. The Bertz CT molecular complexity index is 703. The lowest BCUT2D eigenvalue weighted by Crippen LogP contribution is -2.40. The first-order chi connectivity index (χ1) is 12.6. The number of benzene rings is 2. The number of rotatable bonds is 9. The fourth-order valence-corrected chi connectivity index (χ4v) is 3.57. The second-order valence-electron chi connectivity index (χ2n) is 5.94. The minimum Gasteiger partial charge on any atom is -0.462 e. The number of carbonyl (C=O) groups is 1. The molecule has 0 spiro atoms. The predicted molar refractivity (Wildman–Crippen MR) is 106 cm³/mol. The Kier molecular flexibility index (Phi) is 7.69. The van der Waals surface area contributed by atoms with Gasteiger partial charge < -0.3 is 14.7 Å². The molecule has 0 aliphatic carbocycles. The summed E-state index contributed by atoms with van der Waals surface area (Å²) in [4.78, 5) is 16.0. The number of likely N-dealkylation sites (N-methyl/N-ethyl adjacent to an activating group) is 1. The van der Waals surface area contributed by atoms with Crippen molar-refractivity contribution < 1.29 is 14.6 Å². The molecule has 26 heavy (non-hydrogen) atoms. The van der Waals surface area contributed by atoms with Crippen LogP contribution in [0.2, 0.25) is 0 Å². The number of thioether (sulfide) groups is 1. The number of aliphatic hydroxyl groups is 1. The Morgan fingerprint density at radius 1 is 1.08 bits per heavy atom. The van der Waals surface area contributed by atoms with E-state index in [2.05, 4.69) is 18.7 Å². The zero-order chi connectivity index (χ0) is 19.0. The number of nitrogens with zero attached hydrogens (tertiary/aromatic N) is 1. The van der Waals surface area contributed by atoms with Gasteiger partial charge in [0.05, 0.1) is 0 Å². The van der Waals surface area contributed by atoms with Crippen LogP contribution in [0.5, 0.6) is 0 Å². The van der Waals surface area contributed by atoms with Crippen LogP contribution in [0.4, 0.5) is 0 Å². The molecule has 2 aromatic rings. The number of carbonyl (C=O) groups excluding carboxylic acids is 1. The predicted octanol–water partition coefficient (Wildman–Crippen LogP) is 3.53. The lowest BCUT2D eigenvalue weighted by molar-refractivity contribution is -0.162. The maximum atomic E-state index is 13.0. The highest BCUT2D eigenvalue weighted by Gasteiger charge is 2.43. The minimum atomic E-state index is -1.83. The van der Waals surface area contributed by atoms with Gasteiger partial charge in [0, 0.05) is 17.0 Å². The molecule has 0 radical (unpaired) electrons. The second kappa shape index (κ2) is 9.76. The zero-order valence-corrected chi connectivity index (χ0v) is 16.5. The summed E-state index contributed by atoms with van der Waals surface area (Å²) in [5, 5.41) is 11.5. The number of esters is 1. The van der Waals surface area contributed by atoms with Crippen LogP contribution in [0.15, 0.2) is 59.5 Å². The first-order valence-electron chi connectivity index (χ1n) is 8.88. The van der Waals surface area contributed by atoms with Gasteiger partial charge in [0.1, 0.15) is 6.61 Å². The van der Waals surface area contributed by atoms with E-state index >= 15 is 0 Å². The van der Waals surface area contributed by atoms with E-state index in [0.717, 1.165) is 18.0 Å². The van der Waals surface area contributed by atoms with Crippen LogP contribution in [0.3, 0.4) is 0 Å². The lowest BCUT2D eigenvalue weighted by atomic mass is 9.86. The van der Waals surface area contributed by atoms with Gasteiger partial charge in [-0.2, -0.15) is 0 Å². The van der Waals surface area contributed by atoms with Crippen molar-refractivity contribution in [2.75, 3.05) is 32.5 Å². The van der Waals surface area contributed by atoms with Crippen molar-refractivity contribution in [2.45, 2.75) is 24.3 Å². The summed E-state index contributed by atoms with van der Waals surface area (Å²) in [5.41, 5.74) is -0.773. The fraction of sp³-hybridized carbons (Fsp3) is 0.381. The summed E-state index contributed by atoms with van der Waals surface area (Å²) in [7, 11) is 0. The Labute approximate surface area is 160 Å².